The van der Waals surface area contributed by atoms with E-state index in [1.54, 1.807) is 0 Å². The van der Waals surface area contributed by atoms with Crippen LogP contribution in [0.2, 0.25) is 0 Å². The second-order valence-electron chi connectivity index (χ2n) is 4.37. The lowest BCUT2D eigenvalue weighted by Crippen LogP contribution is -2.37. The van der Waals surface area contributed by atoms with Gasteiger partial charge in [0.15, 0.2) is 17.4 Å². The van der Waals surface area contributed by atoms with E-state index in [4.69, 9.17) is 0 Å². The molecule has 96 valence electrons. The third kappa shape index (κ3) is 2.98. The molecule has 0 unspecified atom stereocenters. The van der Waals surface area contributed by atoms with E-state index >= 15 is 0 Å². The standard InChI is InChI=1S/C13H13F2NO2/c14-11-2-1-9(7-12(11)15)13(18)8-16-5-3-10(17)4-6-16/h1-2,7H,3-6,8H2. The van der Waals surface area contributed by atoms with Crippen LogP contribution in [0.15, 0.2) is 18.2 Å². The SMILES string of the molecule is O=C1CCN(CC(=O)c2ccc(F)c(F)c2)CC1. The number of carbonyl (C=O) groups is 2. The second-order valence-corrected chi connectivity index (χ2v) is 4.37. The maximum absolute atomic E-state index is 13.0. The zero-order valence-electron chi connectivity index (χ0n) is 9.79. The van der Waals surface area contributed by atoms with Crippen molar-refractivity contribution in [3.8, 4) is 0 Å². The number of hydrogen-bond acceptors (Lipinski definition) is 3. The van der Waals surface area contributed by atoms with E-state index in [2.05, 4.69) is 0 Å². The Bertz CT molecular complexity index is 478. The van der Waals surface area contributed by atoms with Crippen LogP contribution < -0.4 is 0 Å². The summed E-state index contributed by atoms with van der Waals surface area (Å²) in [5, 5.41) is 0. The smallest absolute Gasteiger partial charge is 0.176 e. The van der Waals surface area contributed by atoms with E-state index in [1.807, 2.05) is 4.90 Å². The summed E-state index contributed by atoms with van der Waals surface area (Å²) in [5.41, 5.74) is 0.158. The van der Waals surface area contributed by atoms with Crippen molar-refractivity contribution in [1.82, 2.24) is 4.90 Å². The van der Waals surface area contributed by atoms with E-state index in [0.717, 1.165) is 12.1 Å². The normalized spacial score (nSPS) is 16.9. The van der Waals surface area contributed by atoms with Gasteiger partial charge < -0.3 is 0 Å². The number of Topliss-reactive ketones (excluding diaryl/α,β-unsaturated/α-hetero) is 2. The molecule has 1 heterocycles. The number of hydrogen-bond donors (Lipinski definition) is 0. The Morgan fingerprint density at radius 3 is 2.44 bits per heavy atom. The lowest BCUT2D eigenvalue weighted by molar-refractivity contribution is -0.121. The molecular formula is C13H13F2NO2. The Balaban J connectivity index is 1.99. The molecule has 1 aromatic rings. The van der Waals surface area contributed by atoms with Crippen LogP contribution in [0.5, 0.6) is 0 Å². The Kier molecular flexibility index (Phi) is 3.81. The predicted octanol–water partition coefficient (Wildman–Crippen LogP) is 1.81. The Hall–Kier alpha value is -1.62. The van der Waals surface area contributed by atoms with E-state index in [-0.39, 0.29) is 23.7 Å². The van der Waals surface area contributed by atoms with E-state index in [1.165, 1.54) is 6.07 Å². The molecule has 0 N–H and O–H groups in total. The van der Waals surface area contributed by atoms with Crippen LogP contribution in [0.3, 0.4) is 0 Å². The molecule has 18 heavy (non-hydrogen) atoms. The summed E-state index contributed by atoms with van der Waals surface area (Å²) in [5.74, 6) is -2.04. The summed E-state index contributed by atoms with van der Waals surface area (Å²) >= 11 is 0. The van der Waals surface area contributed by atoms with Crippen LogP contribution in [-0.4, -0.2) is 36.1 Å². The molecule has 0 aromatic heterocycles. The minimum Gasteiger partial charge on any atom is -0.300 e. The highest BCUT2D eigenvalue weighted by Gasteiger charge is 2.19. The average Bonchev–Trinajstić information content (AvgIpc) is 2.35. The average molecular weight is 253 g/mol. The van der Waals surface area contributed by atoms with E-state index in [0.29, 0.717) is 25.9 Å². The third-order valence-corrected chi connectivity index (χ3v) is 3.02. The van der Waals surface area contributed by atoms with Crippen molar-refractivity contribution < 1.29 is 18.4 Å². The minimum atomic E-state index is -1.02. The predicted molar refractivity (Wildman–Crippen MR) is 61.4 cm³/mol. The zero-order valence-corrected chi connectivity index (χ0v) is 9.79. The monoisotopic (exact) mass is 253 g/mol. The molecule has 5 heteroatoms. The Labute approximate surface area is 103 Å². The molecule has 0 radical (unpaired) electrons. The van der Waals surface area contributed by atoms with Crippen LogP contribution in [0.25, 0.3) is 0 Å². The first-order valence-electron chi connectivity index (χ1n) is 5.78. The highest BCUT2D eigenvalue weighted by molar-refractivity contribution is 5.97. The third-order valence-electron chi connectivity index (χ3n) is 3.02. The van der Waals surface area contributed by atoms with Gasteiger partial charge in [0.25, 0.3) is 0 Å². The number of likely N-dealkylation sites (tertiary alicyclic amines) is 1. The van der Waals surface area contributed by atoms with Gasteiger partial charge in [0.2, 0.25) is 0 Å². The summed E-state index contributed by atoms with van der Waals surface area (Å²) in [6.45, 7) is 1.24. The number of carbonyl (C=O) groups excluding carboxylic acids is 2. The number of nitrogens with zero attached hydrogens (tertiary/aromatic N) is 1. The molecule has 1 aliphatic rings. The van der Waals surface area contributed by atoms with Gasteiger partial charge in [-0.2, -0.15) is 0 Å². The van der Waals surface area contributed by atoms with Gasteiger partial charge >= 0.3 is 0 Å². The van der Waals surface area contributed by atoms with Crippen molar-refractivity contribution in [2.75, 3.05) is 19.6 Å². The lowest BCUT2D eigenvalue weighted by Gasteiger charge is -2.24. The van der Waals surface area contributed by atoms with Crippen LogP contribution in [0.4, 0.5) is 8.78 Å². The van der Waals surface area contributed by atoms with Crippen molar-refractivity contribution in [2.45, 2.75) is 12.8 Å². The molecular weight excluding hydrogens is 240 g/mol. The quantitative estimate of drug-likeness (QED) is 0.771. The largest absolute Gasteiger partial charge is 0.300 e. The lowest BCUT2D eigenvalue weighted by atomic mass is 10.1. The number of benzene rings is 1. The van der Waals surface area contributed by atoms with Crippen LogP contribution in [0.1, 0.15) is 23.2 Å². The first kappa shape index (κ1) is 12.8. The molecule has 0 aliphatic carbocycles. The van der Waals surface area contributed by atoms with Crippen molar-refractivity contribution >= 4 is 11.6 Å². The number of piperidine rings is 1. The van der Waals surface area contributed by atoms with Gasteiger partial charge in [-0.25, -0.2) is 8.78 Å². The fourth-order valence-electron chi connectivity index (χ4n) is 1.92. The molecule has 0 amide bonds. The van der Waals surface area contributed by atoms with Gasteiger partial charge in [-0.05, 0) is 18.2 Å². The summed E-state index contributed by atoms with van der Waals surface area (Å²) < 4.78 is 25.7. The highest BCUT2D eigenvalue weighted by Crippen LogP contribution is 2.11. The molecule has 2 rings (SSSR count). The maximum Gasteiger partial charge on any atom is 0.176 e. The van der Waals surface area contributed by atoms with E-state index < -0.39 is 11.6 Å². The van der Waals surface area contributed by atoms with E-state index in [9.17, 15) is 18.4 Å². The summed E-state index contributed by atoms with van der Waals surface area (Å²) in [7, 11) is 0. The molecule has 1 aromatic carbocycles. The first-order valence-corrected chi connectivity index (χ1v) is 5.78. The highest BCUT2D eigenvalue weighted by atomic mass is 19.2. The van der Waals surface area contributed by atoms with Crippen LogP contribution in [0, 0.1) is 11.6 Å². The van der Waals surface area contributed by atoms with Gasteiger partial charge in [-0.15, -0.1) is 0 Å². The van der Waals surface area contributed by atoms with Crippen molar-refractivity contribution in [3.05, 3.63) is 35.4 Å². The van der Waals surface area contributed by atoms with Crippen molar-refractivity contribution in [3.63, 3.8) is 0 Å². The molecule has 1 saturated heterocycles. The Morgan fingerprint density at radius 2 is 1.83 bits per heavy atom. The fourth-order valence-corrected chi connectivity index (χ4v) is 1.92. The molecule has 3 nitrogen and oxygen atoms in total. The first-order chi connectivity index (χ1) is 8.56. The van der Waals surface area contributed by atoms with Crippen LogP contribution >= 0.6 is 0 Å². The fraction of sp³-hybridized carbons (Fsp3) is 0.385. The van der Waals surface area contributed by atoms with Gasteiger partial charge in [0.1, 0.15) is 5.78 Å². The van der Waals surface area contributed by atoms with Crippen molar-refractivity contribution in [2.24, 2.45) is 0 Å². The Morgan fingerprint density at radius 1 is 1.17 bits per heavy atom. The van der Waals surface area contributed by atoms with Gasteiger partial charge in [0, 0.05) is 31.5 Å². The molecule has 0 saturated carbocycles. The minimum absolute atomic E-state index is 0.137. The molecule has 0 bridgehead atoms. The molecule has 0 spiro atoms. The van der Waals surface area contributed by atoms with Gasteiger partial charge in [0.05, 0.1) is 6.54 Å². The van der Waals surface area contributed by atoms with Gasteiger partial charge in [-0.1, -0.05) is 0 Å². The second kappa shape index (κ2) is 5.35. The van der Waals surface area contributed by atoms with Crippen LogP contribution in [-0.2, 0) is 4.79 Å². The summed E-state index contributed by atoms with van der Waals surface area (Å²) in [6, 6.07) is 3.13. The number of ketones is 2. The molecule has 0 atom stereocenters. The number of halogens is 2. The maximum atomic E-state index is 13.0. The van der Waals surface area contributed by atoms with Crippen molar-refractivity contribution in [1.29, 1.82) is 0 Å². The topological polar surface area (TPSA) is 37.4 Å². The zero-order chi connectivity index (χ0) is 13.1. The summed E-state index contributed by atoms with van der Waals surface area (Å²) in [4.78, 5) is 24.7. The molecule has 1 fully saturated rings. The number of rotatable bonds is 3. The summed E-state index contributed by atoms with van der Waals surface area (Å²) in [6.07, 6.45) is 0.899. The molecule has 1 aliphatic heterocycles. The van der Waals surface area contributed by atoms with Gasteiger partial charge in [-0.3, -0.25) is 14.5 Å².